The smallest absolute Gasteiger partial charge is 0.326 e. The number of carboxylic acids is 1. The molecule has 0 rings (SSSR count). The topological polar surface area (TPSA) is 108 Å². The fraction of sp³-hybridized carbons (Fsp3) is 0.769. The molecule has 3 N–H and O–H groups in total. The number of urea groups is 1. The third-order valence-corrected chi connectivity index (χ3v) is 3.11. The number of rotatable bonds is 9. The van der Waals surface area contributed by atoms with Gasteiger partial charge in [-0.15, -0.1) is 0 Å². The van der Waals surface area contributed by atoms with Gasteiger partial charge in [0.1, 0.15) is 12.6 Å². The van der Waals surface area contributed by atoms with Crippen molar-refractivity contribution in [1.82, 2.24) is 15.5 Å². The highest BCUT2D eigenvalue weighted by atomic mass is 16.5. The summed E-state index contributed by atoms with van der Waals surface area (Å²) in [5.74, 6) is -1.62. The Morgan fingerprint density at radius 1 is 1.33 bits per heavy atom. The Hall–Kier alpha value is -1.83. The third-order valence-electron chi connectivity index (χ3n) is 3.11. The molecular weight excluding hydrogens is 278 g/mol. The number of hydrogen-bond acceptors (Lipinski definition) is 4. The van der Waals surface area contributed by atoms with Crippen molar-refractivity contribution < 1.29 is 24.2 Å². The van der Waals surface area contributed by atoms with E-state index < -0.39 is 18.0 Å². The Bertz CT molecular complexity index is 362. The number of nitrogens with zero attached hydrogens (tertiary/aromatic N) is 1. The normalized spacial score (nSPS) is 13.1. The molecule has 8 nitrogen and oxygen atoms in total. The minimum atomic E-state index is -1.09. The molecular formula is C13H25N3O5. The summed E-state index contributed by atoms with van der Waals surface area (Å²) in [4.78, 5) is 35.7. The molecule has 3 amide bonds. The summed E-state index contributed by atoms with van der Waals surface area (Å²) in [6.07, 6.45) is 0.623. The second kappa shape index (κ2) is 9.98. The van der Waals surface area contributed by atoms with Crippen LogP contribution >= 0.6 is 0 Å². The van der Waals surface area contributed by atoms with Gasteiger partial charge >= 0.3 is 12.0 Å². The molecule has 2 unspecified atom stereocenters. The van der Waals surface area contributed by atoms with Gasteiger partial charge in [-0.2, -0.15) is 0 Å². The lowest BCUT2D eigenvalue weighted by atomic mass is 9.99. The van der Waals surface area contributed by atoms with Gasteiger partial charge in [0.15, 0.2) is 0 Å². The number of carbonyl (C=O) groups is 3. The van der Waals surface area contributed by atoms with Crippen LogP contribution in [0.5, 0.6) is 0 Å². The van der Waals surface area contributed by atoms with Crippen LogP contribution in [-0.4, -0.2) is 67.8 Å². The van der Waals surface area contributed by atoms with Gasteiger partial charge in [0, 0.05) is 20.7 Å². The number of carbonyl (C=O) groups excluding carboxylic acids is 2. The molecule has 122 valence electrons. The van der Waals surface area contributed by atoms with Crippen molar-refractivity contribution in [2.24, 2.45) is 5.92 Å². The van der Waals surface area contributed by atoms with Crippen LogP contribution < -0.4 is 10.6 Å². The Morgan fingerprint density at radius 3 is 2.43 bits per heavy atom. The number of amides is 3. The van der Waals surface area contributed by atoms with Crippen LogP contribution in [0.25, 0.3) is 0 Å². The second-order valence-electron chi connectivity index (χ2n) is 4.85. The maximum Gasteiger partial charge on any atom is 0.326 e. The van der Waals surface area contributed by atoms with Gasteiger partial charge in [0.25, 0.3) is 0 Å². The molecule has 8 heteroatoms. The van der Waals surface area contributed by atoms with Gasteiger partial charge in [-0.25, -0.2) is 9.59 Å². The van der Waals surface area contributed by atoms with Gasteiger partial charge in [-0.05, 0) is 5.92 Å². The molecule has 0 aromatic rings. The van der Waals surface area contributed by atoms with Crippen LogP contribution in [0.15, 0.2) is 0 Å². The molecule has 0 saturated carbocycles. The van der Waals surface area contributed by atoms with Crippen LogP contribution in [0.1, 0.15) is 20.3 Å². The Morgan fingerprint density at radius 2 is 1.95 bits per heavy atom. The van der Waals surface area contributed by atoms with Crippen LogP contribution in [0.2, 0.25) is 0 Å². The zero-order valence-corrected chi connectivity index (χ0v) is 13.0. The Labute approximate surface area is 124 Å². The van der Waals surface area contributed by atoms with Crippen molar-refractivity contribution >= 4 is 17.9 Å². The fourth-order valence-electron chi connectivity index (χ4n) is 1.56. The van der Waals surface area contributed by atoms with E-state index in [-0.39, 0.29) is 18.4 Å². The van der Waals surface area contributed by atoms with E-state index in [2.05, 4.69) is 10.6 Å². The number of likely N-dealkylation sites (N-methyl/N-ethyl adjacent to an activating group) is 1. The first-order valence-electron chi connectivity index (χ1n) is 6.83. The van der Waals surface area contributed by atoms with E-state index in [0.29, 0.717) is 19.6 Å². The molecule has 0 aliphatic heterocycles. The molecule has 0 aromatic carbocycles. The number of nitrogens with one attached hydrogen (secondary N) is 2. The van der Waals surface area contributed by atoms with Gasteiger partial charge in [0.05, 0.1) is 6.61 Å². The van der Waals surface area contributed by atoms with Crippen molar-refractivity contribution in [3.05, 3.63) is 0 Å². The maximum atomic E-state index is 11.9. The number of hydrogen-bond donors (Lipinski definition) is 3. The summed E-state index contributed by atoms with van der Waals surface area (Å²) < 4.78 is 4.79. The van der Waals surface area contributed by atoms with Crippen molar-refractivity contribution in [2.45, 2.75) is 26.3 Å². The second-order valence-corrected chi connectivity index (χ2v) is 4.85. The lowest BCUT2D eigenvalue weighted by Crippen LogP contribution is -2.51. The van der Waals surface area contributed by atoms with Gasteiger partial charge in [-0.1, -0.05) is 20.3 Å². The van der Waals surface area contributed by atoms with Gasteiger partial charge in [-0.3, -0.25) is 4.79 Å². The minimum Gasteiger partial charge on any atom is -0.480 e. The van der Waals surface area contributed by atoms with Crippen molar-refractivity contribution in [3.63, 3.8) is 0 Å². The van der Waals surface area contributed by atoms with E-state index in [1.807, 2.05) is 6.92 Å². The highest BCUT2D eigenvalue weighted by molar-refractivity contribution is 5.86. The van der Waals surface area contributed by atoms with E-state index in [0.717, 1.165) is 4.90 Å². The van der Waals surface area contributed by atoms with E-state index >= 15 is 0 Å². The zero-order chi connectivity index (χ0) is 16.4. The highest BCUT2D eigenvalue weighted by Crippen LogP contribution is 2.08. The SMILES string of the molecule is CCC(C)C(NC(=O)N(C)CC(=O)NCCOC)C(=O)O. The summed E-state index contributed by atoms with van der Waals surface area (Å²) >= 11 is 0. The average molecular weight is 303 g/mol. The number of carboxylic acid groups (broad SMARTS) is 1. The molecule has 2 atom stereocenters. The standard InChI is InChI=1S/C13H25N3O5/c1-5-9(2)11(12(18)19)15-13(20)16(3)8-10(17)14-6-7-21-4/h9,11H,5-8H2,1-4H3,(H,14,17)(H,15,20)(H,18,19). The first-order chi connectivity index (χ1) is 9.83. The maximum absolute atomic E-state index is 11.9. The minimum absolute atomic E-state index is 0.150. The lowest BCUT2D eigenvalue weighted by molar-refractivity contribution is -0.140. The summed E-state index contributed by atoms with van der Waals surface area (Å²) in [6.45, 7) is 4.19. The number of ether oxygens (including phenoxy) is 1. The zero-order valence-electron chi connectivity index (χ0n) is 13.0. The Balaban J connectivity index is 4.36. The van der Waals surface area contributed by atoms with Gasteiger partial charge in [0.2, 0.25) is 5.91 Å². The summed E-state index contributed by atoms with van der Waals surface area (Å²) in [7, 11) is 2.95. The highest BCUT2D eigenvalue weighted by Gasteiger charge is 2.26. The molecule has 0 aromatic heterocycles. The Kier molecular flexibility index (Phi) is 9.11. The first kappa shape index (κ1) is 19.2. The average Bonchev–Trinajstić information content (AvgIpc) is 2.43. The predicted octanol–water partition coefficient (Wildman–Crippen LogP) is -0.110. The van der Waals surface area contributed by atoms with Crippen molar-refractivity contribution in [2.75, 3.05) is 33.9 Å². The van der Waals surface area contributed by atoms with Crippen LogP contribution in [-0.2, 0) is 14.3 Å². The van der Waals surface area contributed by atoms with Crippen LogP contribution in [0.3, 0.4) is 0 Å². The molecule has 0 aliphatic carbocycles. The van der Waals surface area contributed by atoms with E-state index in [1.165, 1.54) is 14.2 Å². The lowest BCUT2D eigenvalue weighted by Gasteiger charge is -2.24. The monoisotopic (exact) mass is 303 g/mol. The van der Waals surface area contributed by atoms with E-state index in [4.69, 9.17) is 9.84 Å². The molecule has 0 fully saturated rings. The van der Waals surface area contributed by atoms with Crippen molar-refractivity contribution in [1.29, 1.82) is 0 Å². The van der Waals surface area contributed by atoms with Crippen LogP contribution in [0, 0.1) is 5.92 Å². The molecule has 0 heterocycles. The molecule has 0 aliphatic rings. The summed E-state index contributed by atoms with van der Waals surface area (Å²) in [5.41, 5.74) is 0. The first-order valence-corrected chi connectivity index (χ1v) is 6.83. The predicted molar refractivity (Wildman–Crippen MR) is 76.9 cm³/mol. The summed E-state index contributed by atoms with van der Waals surface area (Å²) in [6, 6.07) is -1.56. The van der Waals surface area contributed by atoms with Crippen LogP contribution in [0.4, 0.5) is 4.79 Å². The number of methoxy groups -OCH3 is 1. The van der Waals surface area contributed by atoms with E-state index in [1.54, 1.807) is 6.92 Å². The third kappa shape index (κ3) is 7.50. The quantitative estimate of drug-likeness (QED) is 0.515. The fourth-order valence-corrected chi connectivity index (χ4v) is 1.56. The molecule has 0 saturated heterocycles. The molecule has 0 bridgehead atoms. The van der Waals surface area contributed by atoms with Crippen molar-refractivity contribution in [3.8, 4) is 0 Å². The molecule has 21 heavy (non-hydrogen) atoms. The molecule has 0 radical (unpaired) electrons. The largest absolute Gasteiger partial charge is 0.480 e. The van der Waals surface area contributed by atoms with Gasteiger partial charge < -0.3 is 25.4 Å². The summed E-state index contributed by atoms with van der Waals surface area (Å²) in [5, 5.41) is 14.1. The number of aliphatic carboxylic acids is 1. The molecule has 0 spiro atoms. The van der Waals surface area contributed by atoms with E-state index in [9.17, 15) is 14.4 Å².